The number of ether oxygens (including phenoxy) is 1. The number of carbonyl (C=O) groups is 1. The van der Waals surface area contributed by atoms with Gasteiger partial charge in [-0.25, -0.2) is 0 Å². The molecule has 116 valence electrons. The molecule has 1 aliphatic rings. The van der Waals surface area contributed by atoms with Crippen LogP contribution in [0.15, 0.2) is 12.3 Å². The fourth-order valence-corrected chi connectivity index (χ4v) is 2.70. The maximum absolute atomic E-state index is 12.7. The van der Waals surface area contributed by atoms with Gasteiger partial charge in [0.25, 0.3) is 5.91 Å². The predicted octanol–water partition coefficient (Wildman–Crippen LogP) is 2.46. The first-order chi connectivity index (χ1) is 10.2. The minimum absolute atomic E-state index is 0.0633. The molecule has 21 heavy (non-hydrogen) atoms. The maximum atomic E-state index is 12.7. The summed E-state index contributed by atoms with van der Waals surface area (Å²) in [5.41, 5.74) is 2.46. The van der Waals surface area contributed by atoms with Crippen LogP contribution < -0.4 is 5.32 Å². The van der Waals surface area contributed by atoms with Gasteiger partial charge in [-0.05, 0) is 39.7 Å². The zero-order valence-electron chi connectivity index (χ0n) is 13.2. The van der Waals surface area contributed by atoms with E-state index in [0.717, 1.165) is 50.5 Å². The van der Waals surface area contributed by atoms with Crippen LogP contribution in [-0.2, 0) is 4.74 Å². The molecule has 1 aliphatic heterocycles. The molecule has 1 N–H and O–H groups in total. The van der Waals surface area contributed by atoms with E-state index in [4.69, 9.17) is 4.74 Å². The van der Waals surface area contributed by atoms with Crippen molar-refractivity contribution in [3.05, 3.63) is 23.5 Å². The van der Waals surface area contributed by atoms with Crippen LogP contribution in [0.4, 0.5) is 5.69 Å². The van der Waals surface area contributed by atoms with Crippen LogP contribution in [-0.4, -0.2) is 48.1 Å². The summed E-state index contributed by atoms with van der Waals surface area (Å²) in [7, 11) is 0. The molecule has 5 heteroatoms. The summed E-state index contributed by atoms with van der Waals surface area (Å²) < 4.78 is 5.63. The third-order valence-electron chi connectivity index (χ3n) is 3.77. The van der Waals surface area contributed by atoms with Crippen molar-refractivity contribution in [2.45, 2.75) is 39.7 Å². The van der Waals surface area contributed by atoms with Crippen LogP contribution in [0.2, 0.25) is 0 Å². The number of anilines is 1. The van der Waals surface area contributed by atoms with Crippen LogP contribution >= 0.6 is 0 Å². The molecule has 1 amide bonds. The highest BCUT2D eigenvalue weighted by atomic mass is 16.5. The second kappa shape index (κ2) is 7.41. The predicted molar refractivity (Wildman–Crippen MR) is 83.7 cm³/mol. The van der Waals surface area contributed by atoms with Crippen LogP contribution in [0.25, 0.3) is 0 Å². The molecule has 2 heterocycles. The Morgan fingerprint density at radius 2 is 2.14 bits per heavy atom. The largest absolute Gasteiger partial charge is 0.385 e. The van der Waals surface area contributed by atoms with E-state index in [-0.39, 0.29) is 5.91 Å². The van der Waals surface area contributed by atoms with Crippen molar-refractivity contribution >= 4 is 11.6 Å². The number of pyridine rings is 1. The van der Waals surface area contributed by atoms with E-state index in [1.807, 2.05) is 31.7 Å². The number of aryl methyl sites for hydroxylation is 1. The van der Waals surface area contributed by atoms with Gasteiger partial charge >= 0.3 is 0 Å². The van der Waals surface area contributed by atoms with E-state index in [1.54, 1.807) is 6.20 Å². The van der Waals surface area contributed by atoms with Gasteiger partial charge in [0.1, 0.15) is 0 Å². The lowest BCUT2D eigenvalue weighted by atomic mass is 10.1. The number of rotatable bonds is 5. The zero-order chi connectivity index (χ0) is 15.2. The van der Waals surface area contributed by atoms with Crippen LogP contribution in [0.1, 0.15) is 42.7 Å². The average molecular weight is 291 g/mol. The first-order valence-electron chi connectivity index (χ1n) is 7.77. The summed E-state index contributed by atoms with van der Waals surface area (Å²) in [6.45, 7) is 9.01. The quantitative estimate of drug-likeness (QED) is 0.905. The van der Waals surface area contributed by atoms with Crippen LogP contribution in [0.5, 0.6) is 0 Å². The highest BCUT2D eigenvalue weighted by Gasteiger charge is 2.25. The molecule has 0 spiro atoms. The average Bonchev–Trinajstić information content (AvgIpc) is 2.48. The van der Waals surface area contributed by atoms with Crippen LogP contribution in [0, 0.1) is 6.92 Å². The molecule has 0 radical (unpaired) electrons. The van der Waals surface area contributed by atoms with Crippen molar-refractivity contribution in [3.63, 3.8) is 0 Å². The Labute approximate surface area is 126 Å². The van der Waals surface area contributed by atoms with Gasteiger partial charge in [-0.3, -0.25) is 9.78 Å². The van der Waals surface area contributed by atoms with Gasteiger partial charge in [-0.2, -0.15) is 0 Å². The summed E-state index contributed by atoms with van der Waals surface area (Å²) in [5, 5.41) is 3.25. The lowest BCUT2D eigenvalue weighted by Crippen LogP contribution is -2.41. The minimum Gasteiger partial charge on any atom is -0.385 e. The molecule has 0 bridgehead atoms. The number of carbonyl (C=O) groups excluding carboxylic acids is 1. The number of aromatic nitrogens is 1. The second-order valence-electron chi connectivity index (χ2n) is 5.35. The highest BCUT2D eigenvalue weighted by molar-refractivity contribution is 5.99. The van der Waals surface area contributed by atoms with Crippen molar-refractivity contribution < 1.29 is 9.53 Å². The molecule has 0 aliphatic carbocycles. The number of amides is 1. The molecule has 1 aromatic rings. The first kappa shape index (κ1) is 15.8. The monoisotopic (exact) mass is 291 g/mol. The lowest BCUT2D eigenvalue weighted by molar-refractivity contribution is 0.0146. The normalized spacial score (nSPS) is 16.0. The molecule has 0 saturated carbocycles. The van der Waals surface area contributed by atoms with Gasteiger partial charge in [0.05, 0.1) is 17.4 Å². The fourth-order valence-electron chi connectivity index (χ4n) is 2.70. The van der Waals surface area contributed by atoms with Gasteiger partial charge < -0.3 is 15.0 Å². The Morgan fingerprint density at radius 1 is 1.43 bits per heavy atom. The van der Waals surface area contributed by atoms with E-state index in [2.05, 4.69) is 10.3 Å². The number of likely N-dealkylation sites (tertiary alicyclic amines) is 1. The second-order valence-corrected chi connectivity index (χ2v) is 5.35. The molecular formula is C16H25N3O2. The number of nitrogens with one attached hydrogen (secondary N) is 1. The SMILES string of the molecule is CCNc1cc(C)ncc1C(=O)N1CCC(OCC)CC1. The molecular weight excluding hydrogens is 266 g/mol. The Bertz CT molecular complexity index is 482. The Hall–Kier alpha value is -1.62. The number of hydrogen-bond acceptors (Lipinski definition) is 4. The molecule has 1 fully saturated rings. The van der Waals surface area contributed by atoms with Crippen molar-refractivity contribution in [1.82, 2.24) is 9.88 Å². The zero-order valence-corrected chi connectivity index (χ0v) is 13.2. The maximum Gasteiger partial charge on any atom is 0.257 e. The van der Waals surface area contributed by atoms with Gasteiger partial charge in [0, 0.05) is 38.1 Å². The van der Waals surface area contributed by atoms with Crippen molar-refractivity contribution in [2.24, 2.45) is 0 Å². The van der Waals surface area contributed by atoms with E-state index in [1.165, 1.54) is 0 Å². The fraction of sp³-hybridized carbons (Fsp3) is 0.625. The number of piperidine rings is 1. The third-order valence-corrected chi connectivity index (χ3v) is 3.77. The van der Waals surface area contributed by atoms with E-state index >= 15 is 0 Å². The Kier molecular flexibility index (Phi) is 5.56. The lowest BCUT2D eigenvalue weighted by Gasteiger charge is -2.32. The first-order valence-corrected chi connectivity index (χ1v) is 7.77. The minimum atomic E-state index is 0.0633. The highest BCUT2D eigenvalue weighted by Crippen LogP contribution is 2.21. The molecule has 5 nitrogen and oxygen atoms in total. The summed E-state index contributed by atoms with van der Waals surface area (Å²) in [5.74, 6) is 0.0633. The topological polar surface area (TPSA) is 54.5 Å². The third kappa shape index (κ3) is 3.94. The van der Waals surface area contributed by atoms with E-state index < -0.39 is 0 Å². The summed E-state index contributed by atoms with van der Waals surface area (Å²) in [6.07, 6.45) is 3.80. The van der Waals surface area contributed by atoms with Crippen molar-refractivity contribution in [3.8, 4) is 0 Å². The smallest absolute Gasteiger partial charge is 0.257 e. The van der Waals surface area contributed by atoms with Crippen LogP contribution in [0.3, 0.4) is 0 Å². The van der Waals surface area contributed by atoms with Crippen molar-refractivity contribution in [1.29, 1.82) is 0 Å². The molecule has 0 atom stereocenters. The standard InChI is InChI=1S/C16H25N3O2/c1-4-17-15-10-12(3)18-11-14(15)16(20)19-8-6-13(7-9-19)21-5-2/h10-11,13H,4-9H2,1-3H3,(H,17,18). The van der Waals surface area contributed by atoms with E-state index in [0.29, 0.717) is 11.7 Å². The summed E-state index contributed by atoms with van der Waals surface area (Å²) >= 11 is 0. The Balaban J connectivity index is 2.07. The summed E-state index contributed by atoms with van der Waals surface area (Å²) in [4.78, 5) is 18.9. The molecule has 0 aromatic carbocycles. The van der Waals surface area contributed by atoms with Crippen molar-refractivity contribution in [2.75, 3.05) is 31.6 Å². The van der Waals surface area contributed by atoms with Gasteiger partial charge in [-0.15, -0.1) is 0 Å². The number of hydrogen-bond donors (Lipinski definition) is 1. The Morgan fingerprint density at radius 3 is 2.76 bits per heavy atom. The number of nitrogens with zero attached hydrogens (tertiary/aromatic N) is 2. The van der Waals surface area contributed by atoms with Gasteiger partial charge in [0.2, 0.25) is 0 Å². The molecule has 1 saturated heterocycles. The molecule has 2 rings (SSSR count). The molecule has 1 aromatic heterocycles. The van der Waals surface area contributed by atoms with Gasteiger partial charge in [0.15, 0.2) is 0 Å². The van der Waals surface area contributed by atoms with Gasteiger partial charge in [-0.1, -0.05) is 0 Å². The van der Waals surface area contributed by atoms with E-state index in [9.17, 15) is 4.79 Å². The summed E-state index contributed by atoms with van der Waals surface area (Å²) in [6, 6.07) is 1.93. The molecule has 0 unspecified atom stereocenters.